The van der Waals surface area contributed by atoms with Gasteiger partial charge in [0.15, 0.2) is 0 Å². The zero-order valence-corrected chi connectivity index (χ0v) is 34.4. The van der Waals surface area contributed by atoms with Crippen LogP contribution in [0.5, 0.6) is 0 Å². The first-order chi connectivity index (χ1) is 27.2. The van der Waals surface area contributed by atoms with Crippen molar-refractivity contribution in [3.63, 3.8) is 0 Å². The number of piperidine rings is 1. The molecule has 2 aliphatic heterocycles. The fourth-order valence-electron chi connectivity index (χ4n) is 9.92. The summed E-state index contributed by atoms with van der Waals surface area (Å²) in [5.74, 6) is 2.29. The molecule has 55 heavy (non-hydrogen) atoms. The highest BCUT2D eigenvalue weighted by Crippen LogP contribution is 2.37. The summed E-state index contributed by atoms with van der Waals surface area (Å²) in [7, 11) is 0. The molecule has 0 spiro atoms. The molecular formula is C52H67ClN2. The molecule has 8 rings (SSSR count). The van der Waals surface area contributed by atoms with E-state index in [1.54, 1.807) is 5.56 Å². The van der Waals surface area contributed by atoms with Crippen molar-refractivity contribution in [2.24, 2.45) is 0 Å². The molecule has 2 nitrogen and oxygen atoms in total. The van der Waals surface area contributed by atoms with Crippen LogP contribution < -0.4 is 0 Å². The molecule has 0 amide bonds. The summed E-state index contributed by atoms with van der Waals surface area (Å²) in [5.41, 5.74) is 10.3. The summed E-state index contributed by atoms with van der Waals surface area (Å²) < 4.78 is 0. The maximum Gasteiger partial charge on any atom is 0.0443 e. The lowest BCUT2D eigenvalue weighted by Crippen LogP contribution is -2.33. The monoisotopic (exact) mass is 754 g/mol. The highest BCUT2D eigenvalue weighted by atomic mass is 35.5. The van der Waals surface area contributed by atoms with E-state index in [1.807, 2.05) is 0 Å². The Morgan fingerprint density at radius 1 is 0.509 bits per heavy atom. The summed E-state index contributed by atoms with van der Waals surface area (Å²) in [6.45, 7) is 7.19. The topological polar surface area (TPSA) is 6.48 Å². The standard InChI is InChI=1S/C26H32ClN.C26H35N/c27-26-20-21(13-14-25(26)24-11-5-2-6-12-24)8-7-17-28-18-15-23(16-19-28)22-9-3-1-4-10-22;1-3-9-23(10-4-1)25-15-13-22(14-16-25)8-7-19-27-20-17-26(18-21-27)24-11-5-2-6-12-24/h1,3-4,9-10,13-15,20,24H,2,5-8,11-12,16-19H2;2,5-6,11-16,23,26H,1,3-4,7-10,17-21H2. The van der Waals surface area contributed by atoms with Crippen LogP contribution in [-0.4, -0.2) is 49.1 Å². The quantitative estimate of drug-likeness (QED) is 0.142. The number of hydrogen-bond donors (Lipinski definition) is 0. The molecule has 0 radical (unpaired) electrons. The molecule has 3 heteroatoms. The first kappa shape index (κ1) is 40.0. The predicted molar refractivity (Wildman–Crippen MR) is 237 cm³/mol. The van der Waals surface area contributed by atoms with Crippen molar-refractivity contribution in [2.75, 3.05) is 39.3 Å². The fraction of sp³-hybridized carbons (Fsp3) is 0.500. The second-order valence-electron chi connectivity index (χ2n) is 17.1. The zero-order chi connectivity index (χ0) is 37.5. The fourth-order valence-corrected chi connectivity index (χ4v) is 10.3. The van der Waals surface area contributed by atoms with Gasteiger partial charge < -0.3 is 4.90 Å². The third-order valence-corrected chi connectivity index (χ3v) is 13.7. The summed E-state index contributed by atoms with van der Waals surface area (Å²) in [4.78, 5) is 5.25. The van der Waals surface area contributed by atoms with Crippen LogP contribution in [0.15, 0.2) is 109 Å². The summed E-state index contributed by atoms with van der Waals surface area (Å²) in [6, 6.07) is 38.4. The van der Waals surface area contributed by atoms with E-state index in [0.29, 0.717) is 5.92 Å². The SMILES string of the molecule is Clc1cc(CCCN2CC=C(c3ccccc3)CC2)ccc1C1CCCCC1.c1ccc(C2CCN(CCCc3ccc(C4CCCCC4)cc3)CC2)cc1. The highest BCUT2D eigenvalue weighted by molar-refractivity contribution is 6.31. The smallest absolute Gasteiger partial charge is 0.0443 e. The van der Waals surface area contributed by atoms with E-state index in [0.717, 1.165) is 36.2 Å². The third kappa shape index (κ3) is 12.2. The zero-order valence-electron chi connectivity index (χ0n) is 33.7. The van der Waals surface area contributed by atoms with E-state index >= 15 is 0 Å². The van der Waals surface area contributed by atoms with Crippen LogP contribution in [-0.2, 0) is 12.8 Å². The van der Waals surface area contributed by atoms with Gasteiger partial charge in [0.2, 0.25) is 0 Å². The number of rotatable bonds is 12. The second kappa shape index (κ2) is 21.4. The van der Waals surface area contributed by atoms with Crippen molar-refractivity contribution < 1.29 is 0 Å². The van der Waals surface area contributed by atoms with E-state index in [4.69, 9.17) is 11.6 Å². The largest absolute Gasteiger partial charge is 0.303 e. The molecule has 4 aromatic rings. The number of nitrogens with zero attached hydrogens (tertiary/aromatic N) is 2. The van der Waals surface area contributed by atoms with Gasteiger partial charge in [-0.15, -0.1) is 0 Å². The number of halogens is 1. The van der Waals surface area contributed by atoms with E-state index in [1.165, 1.54) is 162 Å². The van der Waals surface area contributed by atoms with Gasteiger partial charge in [-0.1, -0.05) is 153 Å². The summed E-state index contributed by atoms with van der Waals surface area (Å²) in [6.07, 6.45) is 24.9. The van der Waals surface area contributed by atoms with Gasteiger partial charge in [0.1, 0.15) is 0 Å². The molecule has 0 unspecified atom stereocenters. The molecule has 4 aliphatic rings. The van der Waals surface area contributed by atoms with Crippen LogP contribution in [0.4, 0.5) is 0 Å². The third-order valence-electron chi connectivity index (χ3n) is 13.3. The maximum atomic E-state index is 6.65. The van der Waals surface area contributed by atoms with Crippen LogP contribution in [0.1, 0.15) is 147 Å². The number of hydrogen-bond acceptors (Lipinski definition) is 2. The Bertz CT molecular complexity index is 1710. The second-order valence-corrected chi connectivity index (χ2v) is 17.6. The van der Waals surface area contributed by atoms with Gasteiger partial charge in [-0.05, 0) is 160 Å². The van der Waals surface area contributed by atoms with Gasteiger partial charge in [0.05, 0.1) is 0 Å². The minimum atomic E-state index is 0.689. The molecule has 1 saturated heterocycles. The lowest BCUT2D eigenvalue weighted by atomic mass is 9.84. The van der Waals surface area contributed by atoms with Gasteiger partial charge in [0, 0.05) is 18.1 Å². The Labute approximate surface area is 339 Å². The normalized spacial score (nSPS) is 19.4. The van der Waals surface area contributed by atoms with Gasteiger partial charge in [-0.25, -0.2) is 0 Å². The number of aryl methyl sites for hydroxylation is 2. The minimum absolute atomic E-state index is 0.689. The van der Waals surface area contributed by atoms with Crippen LogP contribution >= 0.6 is 11.6 Å². The Morgan fingerprint density at radius 2 is 1.07 bits per heavy atom. The van der Waals surface area contributed by atoms with Crippen molar-refractivity contribution in [1.29, 1.82) is 0 Å². The molecule has 0 bridgehead atoms. The van der Waals surface area contributed by atoms with Gasteiger partial charge in [-0.2, -0.15) is 0 Å². The van der Waals surface area contributed by atoms with Crippen LogP contribution in [0.25, 0.3) is 5.57 Å². The van der Waals surface area contributed by atoms with E-state index in [9.17, 15) is 0 Å². The molecule has 2 saturated carbocycles. The van der Waals surface area contributed by atoms with Crippen LogP contribution in [0, 0.1) is 0 Å². The molecule has 292 valence electrons. The molecule has 0 atom stereocenters. The lowest BCUT2D eigenvalue weighted by molar-refractivity contribution is 0.210. The number of benzene rings is 4. The van der Waals surface area contributed by atoms with Crippen LogP contribution in [0.2, 0.25) is 5.02 Å². The maximum absolute atomic E-state index is 6.65. The minimum Gasteiger partial charge on any atom is -0.303 e. The van der Waals surface area contributed by atoms with Crippen molar-refractivity contribution in [3.8, 4) is 0 Å². The molecule has 2 heterocycles. The van der Waals surface area contributed by atoms with Crippen molar-refractivity contribution >= 4 is 17.2 Å². The Morgan fingerprint density at radius 3 is 1.71 bits per heavy atom. The van der Waals surface area contributed by atoms with Gasteiger partial charge in [0.25, 0.3) is 0 Å². The predicted octanol–water partition coefficient (Wildman–Crippen LogP) is 13.7. The van der Waals surface area contributed by atoms with E-state index in [2.05, 4.69) is 119 Å². The number of likely N-dealkylation sites (tertiary alicyclic amines) is 1. The lowest BCUT2D eigenvalue weighted by Gasteiger charge is -2.32. The Hall–Kier alpha value is -3.17. The Balaban J connectivity index is 0.000000169. The average molecular weight is 756 g/mol. The van der Waals surface area contributed by atoms with Gasteiger partial charge >= 0.3 is 0 Å². The summed E-state index contributed by atoms with van der Waals surface area (Å²) >= 11 is 6.65. The molecule has 2 aliphatic carbocycles. The first-order valence-corrected chi connectivity index (χ1v) is 22.7. The average Bonchev–Trinajstić information content (AvgIpc) is 3.26. The summed E-state index contributed by atoms with van der Waals surface area (Å²) in [5, 5.41) is 0.998. The van der Waals surface area contributed by atoms with Crippen molar-refractivity contribution in [3.05, 3.63) is 148 Å². The van der Waals surface area contributed by atoms with Crippen molar-refractivity contribution in [1.82, 2.24) is 9.80 Å². The molecule has 3 fully saturated rings. The molecular weight excluding hydrogens is 688 g/mol. The first-order valence-electron chi connectivity index (χ1n) is 22.3. The molecule has 4 aromatic carbocycles. The highest BCUT2D eigenvalue weighted by Gasteiger charge is 2.21. The van der Waals surface area contributed by atoms with E-state index in [-0.39, 0.29) is 0 Å². The van der Waals surface area contributed by atoms with Crippen LogP contribution in [0.3, 0.4) is 0 Å². The molecule has 0 N–H and O–H groups in total. The van der Waals surface area contributed by atoms with E-state index < -0.39 is 0 Å². The van der Waals surface area contributed by atoms with Gasteiger partial charge in [-0.3, -0.25) is 4.90 Å². The van der Waals surface area contributed by atoms with Crippen molar-refractivity contribution in [2.45, 2.75) is 127 Å². The molecule has 0 aromatic heterocycles. The Kier molecular flexibility index (Phi) is 15.6.